The Morgan fingerprint density at radius 2 is 0.720 bits per heavy atom. The summed E-state index contributed by atoms with van der Waals surface area (Å²) in [6.45, 7) is 23.8. The van der Waals surface area contributed by atoms with Crippen LogP contribution in [-0.2, 0) is 18.9 Å². The number of Topliss-reactive ketones (excluding diaryl/α,β-unsaturated/α-hetero) is 4. The van der Waals surface area contributed by atoms with Gasteiger partial charge in [-0.1, -0.05) is 104 Å². The van der Waals surface area contributed by atoms with Gasteiger partial charge in [-0.25, -0.2) is 0 Å². The number of ether oxygens (including phenoxy) is 4. The monoisotopic (exact) mass is 1040 g/mol. The zero-order valence-corrected chi connectivity index (χ0v) is 46.5. The Kier molecular flexibility index (Phi) is 22.5. The molecule has 4 aromatic carbocycles. The van der Waals surface area contributed by atoms with Crippen molar-refractivity contribution in [3.63, 3.8) is 0 Å². The molecule has 0 amide bonds. The van der Waals surface area contributed by atoms with Crippen LogP contribution < -0.4 is 16.4 Å². The van der Waals surface area contributed by atoms with Crippen molar-refractivity contribution in [2.24, 2.45) is 11.1 Å². The highest BCUT2D eigenvalue weighted by atomic mass is 16.5. The van der Waals surface area contributed by atoms with E-state index in [4.69, 9.17) is 24.7 Å². The lowest BCUT2D eigenvalue weighted by atomic mass is 9.88. The van der Waals surface area contributed by atoms with E-state index in [2.05, 4.69) is 17.6 Å². The van der Waals surface area contributed by atoms with Gasteiger partial charge in [-0.15, -0.1) is 0 Å². The van der Waals surface area contributed by atoms with Crippen molar-refractivity contribution in [3.05, 3.63) is 142 Å². The van der Waals surface area contributed by atoms with Gasteiger partial charge in [0, 0.05) is 45.8 Å². The third-order valence-electron chi connectivity index (χ3n) is 12.9. The van der Waals surface area contributed by atoms with Crippen LogP contribution in [0.4, 0.5) is 0 Å². The molecule has 5 unspecified atom stereocenters. The van der Waals surface area contributed by atoms with Crippen LogP contribution in [0.5, 0.6) is 0 Å². The molecule has 5 atom stereocenters. The van der Waals surface area contributed by atoms with Crippen LogP contribution in [0.25, 0.3) is 0 Å². The van der Waals surface area contributed by atoms with E-state index in [0.29, 0.717) is 74.9 Å². The van der Waals surface area contributed by atoms with Gasteiger partial charge in [-0.3, -0.25) is 19.2 Å². The summed E-state index contributed by atoms with van der Waals surface area (Å²) in [5.74, 6) is -1.58. The number of benzene rings is 4. The topological polar surface area (TPSA) is 236 Å². The van der Waals surface area contributed by atoms with Crippen molar-refractivity contribution in [1.82, 2.24) is 10.6 Å². The number of aliphatic hydroxyl groups is 4. The Morgan fingerprint density at radius 3 is 0.987 bits per heavy atom. The number of nitrogens with one attached hydrogen (secondary N) is 2. The molecule has 0 radical (unpaired) electrons. The van der Waals surface area contributed by atoms with Crippen LogP contribution in [-0.4, -0.2) is 136 Å². The molecule has 0 aliphatic heterocycles. The van der Waals surface area contributed by atoms with Crippen molar-refractivity contribution in [3.8, 4) is 0 Å². The van der Waals surface area contributed by atoms with Crippen molar-refractivity contribution in [2.45, 2.75) is 155 Å². The summed E-state index contributed by atoms with van der Waals surface area (Å²) in [6, 6.07) is 26.9. The Hall–Kier alpha value is -4.88. The van der Waals surface area contributed by atoms with Gasteiger partial charge in [0.05, 0.1) is 64.4 Å². The second-order valence-corrected chi connectivity index (χ2v) is 22.6. The van der Waals surface area contributed by atoms with Crippen molar-refractivity contribution < 1.29 is 58.6 Å². The van der Waals surface area contributed by atoms with E-state index < -0.39 is 51.0 Å². The van der Waals surface area contributed by atoms with Crippen LogP contribution in [0.3, 0.4) is 0 Å². The minimum atomic E-state index is -1.53. The second-order valence-electron chi connectivity index (χ2n) is 22.6. The maximum Gasteiger partial charge on any atom is 0.193 e. The summed E-state index contributed by atoms with van der Waals surface area (Å²) in [4.78, 5) is 51.4. The molecule has 0 aliphatic rings. The summed E-state index contributed by atoms with van der Waals surface area (Å²) in [6.07, 6.45) is 0.386. The first-order valence-corrected chi connectivity index (χ1v) is 26.0. The van der Waals surface area contributed by atoms with E-state index >= 15 is 0 Å². The molecule has 0 fully saturated rings. The van der Waals surface area contributed by atoms with Gasteiger partial charge in [-0.05, 0) is 112 Å². The molecule has 75 heavy (non-hydrogen) atoms. The van der Waals surface area contributed by atoms with Crippen LogP contribution in [0.1, 0.15) is 172 Å². The van der Waals surface area contributed by atoms with Crippen molar-refractivity contribution >= 4 is 23.1 Å². The summed E-state index contributed by atoms with van der Waals surface area (Å²) in [5, 5.41) is 48.7. The van der Waals surface area contributed by atoms with E-state index in [-0.39, 0.29) is 36.3 Å². The average molecular weight is 1040 g/mol. The normalized spacial score (nSPS) is 15.1. The van der Waals surface area contributed by atoms with Crippen LogP contribution in [0.15, 0.2) is 97.1 Å². The zero-order chi connectivity index (χ0) is 56.1. The van der Waals surface area contributed by atoms with Gasteiger partial charge in [0.15, 0.2) is 23.1 Å². The summed E-state index contributed by atoms with van der Waals surface area (Å²) < 4.78 is 25.3. The fraction of sp³-hybridized carbons (Fsp3) is 0.533. The first kappa shape index (κ1) is 62.7. The molecule has 15 nitrogen and oxygen atoms in total. The van der Waals surface area contributed by atoms with Crippen LogP contribution in [0, 0.1) is 5.41 Å². The maximum absolute atomic E-state index is 12.9. The van der Waals surface area contributed by atoms with E-state index in [0.717, 1.165) is 22.3 Å². The van der Waals surface area contributed by atoms with Gasteiger partial charge in [0.2, 0.25) is 0 Å². The largest absolute Gasteiger partial charge is 0.382 e. The number of ketones is 4. The van der Waals surface area contributed by atoms with E-state index in [1.807, 2.05) is 76.2 Å². The fourth-order valence-electron chi connectivity index (χ4n) is 8.30. The van der Waals surface area contributed by atoms with Crippen LogP contribution >= 0.6 is 0 Å². The lowest BCUT2D eigenvalue weighted by Gasteiger charge is -2.33. The predicted molar refractivity (Wildman–Crippen MR) is 291 cm³/mol. The second kappa shape index (κ2) is 26.9. The number of hydrogen-bond acceptors (Lipinski definition) is 15. The number of rotatable bonds is 32. The third kappa shape index (κ3) is 19.0. The van der Waals surface area contributed by atoms with Gasteiger partial charge in [-0.2, -0.15) is 0 Å². The highest BCUT2D eigenvalue weighted by Gasteiger charge is 2.33. The summed E-state index contributed by atoms with van der Waals surface area (Å²) in [5.41, 5.74) is 4.33. The van der Waals surface area contributed by atoms with Gasteiger partial charge in [0.1, 0.15) is 22.4 Å². The smallest absolute Gasteiger partial charge is 0.193 e. The Balaban J connectivity index is 1.43. The summed E-state index contributed by atoms with van der Waals surface area (Å²) in [7, 11) is 0. The Bertz CT molecular complexity index is 2310. The average Bonchev–Trinajstić information content (AvgIpc) is 3.34. The van der Waals surface area contributed by atoms with Crippen molar-refractivity contribution in [1.29, 1.82) is 0 Å². The molecular weight excluding hydrogens is 955 g/mol. The molecular formula is C60H85N3O12. The molecule has 4 aromatic rings. The lowest BCUT2D eigenvalue weighted by molar-refractivity contribution is -0.0920. The van der Waals surface area contributed by atoms with Gasteiger partial charge in [0.25, 0.3) is 0 Å². The minimum absolute atomic E-state index is 0.166. The van der Waals surface area contributed by atoms with Crippen molar-refractivity contribution in [2.75, 3.05) is 46.2 Å². The zero-order valence-electron chi connectivity index (χ0n) is 46.5. The van der Waals surface area contributed by atoms with Crippen LogP contribution in [0.2, 0.25) is 0 Å². The third-order valence-corrected chi connectivity index (χ3v) is 12.9. The first-order valence-electron chi connectivity index (χ1n) is 26.0. The fourth-order valence-corrected chi connectivity index (χ4v) is 8.30. The number of carbonyl (C=O) groups is 4. The molecule has 0 aromatic heterocycles. The number of hydrogen-bond donors (Lipinski definition) is 7. The summed E-state index contributed by atoms with van der Waals surface area (Å²) >= 11 is 0. The molecule has 8 N–H and O–H groups in total. The Morgan fingerprint density at radius 1 is 0.453 bits per heavy atom. The van der Waals surface area contributed by atoms with Gasteiger partial charge < -0.3 is 55.7 Å². The van der Waals surface area contributed by atoms with E-state index in [9.17, 15) is 39.6 Å². The molecule has 0 bridgehead atoms. The standard InChI is InChI=1S/C60H85N3O12/c1-14-60(35-72-31-38(2)61,36-73-32-39(3)62-50(42-15-23-46(24-16-42)52(64)56(6,7)68)43-17-25-47(26-18-43)53(65)57(8,9)69)37-74-34-41(5)75-33-40(4)63-51(44-19-27-48(28-20-44)54(66)58(10,11)70)45-21-29-49(30-22-45)55(67)59(12,13)71/h15-30,38-41,50-51,62-63,68-71H,14,31-37,61H2,1-13H3. The number of carbonyl (C=O) groups excluding carboxylic acids is 4. The first-order chi connectivity index (χ1) is 34.8. The quantitative estimate of drug-likeness (QED) is 0.0234. The molecule has 0 aliphatic carbocycles. The van der Waals surface area contributed by atoms with Gasteiger partial charge >= 0.3 is 0 Å². The maximum atomic E-state index is 12.9. The molecule has 0 spiro atoms. The predicted octanol–water partition coefficient (Wildman–Crippen LogP) is 7.53. The highest BCUT2D eigenvalue weighted by Crippen LogP contribution is 2.29. The van der Waals surface area contributed by atoms with E-state index in [1.54, 1.807) is 48.5 Å². The Labute approximate surface area is 444 Å². The molecule has 0 heterocycles. The van der Waals surface area contributed by atoms with E-state index in [1.165, 1.54) is 55.4 Å². The number of nitrogens with two attached hydrogens (primary N) is 1. The molecule has 4 rings (SSSR count). The SMILES string of the molecule is CCC(COCC(C)N)(COCC(C)NC(c1ccc(C(=O)C(C)(C)O)cc1)c1ccc(C(=O)C(C)(C)O)cc1)COCC(C)OCC(C)NC(c1ccc(C(=O)C(C)(C)O)cc1)c1ccc(C(=O)C(C)(C)O)cc1. The lowest BCUT2D eigenvalue weighted by Crippen LogP contribution is -2.41. The molecule has 412 valence electrons. The highest BCUT2D eigenvalue weighted by molar-refractivity contribution is 6.03. The molecule has 0 saturated heterocycles. The molecule has 15 heteroatoms. The molecule has 0 saturated carbocycles. The minimum Gasteiger partial charge on any atom is -0.382 e.